The summed E-state index contributed by atoms with van der Waals surface area (Å²) >= 11 is 0. The first kappa shape index (κ1) is 23.2. The van der Waals surface area contributed by atoms with Gasteiger partial charge < -0.3 is 15.4 Å². The molecule has 0 radical (unpaired) electrons. The van der Waals surface area contributed by atoms with Crippen molar-refractivity contribution in [3.05, 3.63) is 59.9 Å². The third kappa shape index (κ3) is 9.60. The van der Waals surface area contributed by atoms with Gasteiger partial charge in [-0.05, 0) is 49.6 Å². The molecule has 148 valence electrons. The summed E-state index contributed by atoms with van der Waals surface area (Å²) in [6.07, 6.45) is 4.61. The monoisotopic (exact) mass is 482 g/mol. The van der Waals surface area contributed by atoms with E-state index < -0.39 is 0 Å². The number of nitrogens with zero attached hydrogens (tertiary/aromatic N) is 2. The van der Waals surface area contributed by atoms with Gasteiger partial charge >= 0.3 is 0 Å². The van der Waals surface area contributed by atoms with Crippen molar-refractivity contribution in [2.45, 2.75) is 33.1 Å². The number of aliphatic imine (C=N–C) groups is 1. The molecule has 1 aromatic carbocycles. The molecule has 2 aromatic rings. The second-order valence-electron chi connectivity index (χ2n) is 6.00. The van der Waals surface area contributed by atoms with Gasteiger partial charge in [0.05, 0.1) is 6.61 Å². The van der Waals surface area contributed by atoms with Gasteiger partial charge in [0.1, 0.15) is 5.75 Å². The molecule has 0 spiro atoms. The third-order valence-corrected chi connectivity index (χ3v) is 3.79. The lowest BCUT2D eigenvalue weighted by molar-refractivity contribution is 0.317. The Morgan fingerprint density at radius 3 is 2.70 bits per heavy atom. The van der Waals surface area contributed by atoms with E-state index in [-0.39, 0.29) is 24.0 Å². The highest BCUT2D eigenvalue weighted by Gasteiger charge is 2.00. The first-order chi connectivity index (χ1) is 12.8. The number of nitrogens with one attached hydrogen (secondary N) is 2. The minimum absolute atomic E-state index is 0. The van der Waals surface area contributed by atoms with E-state index in [1.807, 2.05) is 36.5 Å². The minimum Gasteiger partial charge on any atom is -0.494 e. The number of hydrogen-bond acceptors (Lipinski definition) is 3. The fraction of sp³-hybridized carbons (Fsp3) is 0.429. The van der Waals surface area contributed by atoms with E-state index in [4.69, 9.17) is 4.74 Å². The third-order valence-electron chi connectivity index (χ3n) is 3.79. The molecule has 1 aromatic heterocycles. The molecule has 0 aliphatic rings. The predicted octanol–water partition coefficient (Wildman–Crippen LogP) is 3.83. The van der Waals surface area contributed by atoms with Crippen LogP contribution in [0.4, 0.5) is 0 Å². The summed E-state index contributed by atoms with van der Waals surface area (Å²) in [6.45, 7) is 7.33. The lowest BCUT2D eigenvalue weighted by Crippen LogP contribution is -2.38. The standard InChI is InChI=1S/C21H30N4O.HI/c1-3-16-26-20-10-7-8-18(17-20)11-14-24-21(22-4-2)25-15-12-19-9-5-6-13-23-19;/h5-10,13,17H,3-4,11-12,14-16H2,1-2H3,(H2,22,24,25);1H. The number of aromatic nitrogens is 1. The average Bonchev–Trinajstić information content (AvgIpc) is 2.67. The van der Waals surface area contributed by atoms with E-state index in [9.17, 15) is 0 Å². The number of guanidine groups is 1. The van der Waals surface area contributed by atoms with E-state index in [1.54, 1.807) is 0 Å². The Morgan fingerprint density at radius 2 is 1.96 bits per heavy atom. The van der Waals surface area contributed by atoms with E-state index in [0.29, 0.717) is 6.54 Å². The molecule has 2 rings (SSSR count). The number of hydrogen-bond donors (Lipinski definition) is 2. The molecule has 0 saturated carbocycles. The van der Waals surface area contributed by atoms with Crippen LogP contribution in [-0.2, 0) is 12.8 Å². The number of ether oxygens (including phenoxy) is 1. The van der Waals surface area contributed by atoms with Crippen LogP contribution in [0.1, 0.15) is 31.5 Å². The smallest absolute Gasteiger partial charge is 0.191 e. The van der Waals surface area contributed by atoms with Crippen molar-refractivity contribution in [1.29, 1.82) is 0 Å². The van der Waals surface area contributed by atoms with Gasteiger partial charge in [-0.1, -0.05) is 25.1 Å². The zero-order valence-corrected chi connectivity index (χ0v) is 18.6. The topological polar surface area (TPSA) is 58.5 Å². The average molecular weight is 482 g/mol. The van der Waals surface area contributed by atoms with Crippen LogP contribution < -0.4 is 15.4 Å². The van der Waals surface area contributed by atoms with Crippen LogP contribution in [0.5, 0.6) is 5.75 Å². The van der Waals surface area contributed by atoms with Gasteiger partial charge in [0.2, 0.25) is 0 Å². The Morgan fingerprint density at radius 1 is 1.07 bits per heavy atom. The van der Waals surface area contributed by atoms with Crippen molar-refractivity contribution in [1.82, 2.24) is 15.6 Å². The minimum atomic E-state index is 0. The highest BCUT2D eigenvalue weighted by molar-refractivity contribution is 14.0. The van der Waals surface area contributed by atoms with Gasteiger partial charge in [0.15, 0.2) is 5.96 Å². The summed E-state index contributed by atoms with van der Waals surface area (Å²) in [6, 6.07) is 14.3. The van der Waals surface area contributed by atoms with E-state index in [2.05, 4.69) is 46.6 Å². The highest BCUT2D eigenvalue weighted by atomic mass is 127. The largest absolute Gasteiger partial charge is 0.494 e. The summed E-state index contributed by atoms with van der Waals surface area (Å²) < 4.78 is 5.69. The molecular formula is C21H31IN4O. The fourth-order valence-corrected chi connectivity index (χ4v) is 2.51. The van der Waals surface area contributed by atoms with Crippen LogP contribution in [0.3, 0.4) is 0 Å². The second kappa shape index (κ2) is 14.3. The molecule has 1 heterocycles. The van der Waals surface area contributed by atoms with Crippen LogP contribution >= 0.6 is 24.0 Å². The number of benzene rings is 1. The van der Waals surface area contributed by atoms with Gasteiger partial charge in [-0.3, -0.25) is 9.98 Å². The van der Waals surface area contributed by atoms with Crippen molar-refractivity contribution in [2.75, 3.05) is 26.2 Å². The van der Waals surface area contributed by atoms with Gasteiger partial charge in [-0.2, -0.15) is 0 Å². The molecule has 0 aliphatic carbocycles. The quantitative estimate of drug-likeness (QED) is 0.307. The maximum absolute atomic E-state index is 5.69. The molecular weight excluding hydrogens is 451 g/mol. The van der Waals surface area contributed by atoms with Crippen molar-refractivity contribution in [3.8, 4) is 5.75 Å². The second-order valence-corrected chi connectivity index (χ2v) is 6.00. The van der Waals surface area contributed by atoms with Gasteiger partial charge in [0, 0.05) is 37.9 Å². The van der Waals surface area contributed by atoms with E-state index in [0.717, 1.165) is 56.4 Å². The number of halogens is 1. The lowest BCUT2D eigenvalue weighted by Gasteiger charge is -2.12. The van der Waals surface area contributed by atoms with Crippen LogP contribution in [-0.4, -0.2) is 37.2 Å². The summed E-state index contributed by atoms with van der Waals surface area (Å²) in [5.74, 6) is 1.79. The summed E-state index contributed by atoms with van der Waals surface area (Å²) in [4.78, 5) is 8.96. The molecule has 27 heavy (non-hydrogen) atoms. The predicted molar refractivity (Wildman–Crippen MR) is 123 cm³/mol. The molecule has 0 amide bonds. The van der Waals surface area contributed by atoms with Gasteiger partial charge in [-0.25, -0.2) is 0 Å². The molecule has 0 atom stereocenters. The fourth-order valence-electron chi connectivity index (χ4n) is 2.51. The Kier molecular flexibility index (Phi) is 12.3. The summed E-state index contributed by atoms with van der Waals surface area (Å²) in [5.41, 5.74) is 2.33. The Bertz CT molecular complexity index is 664. The Labute approximate surface area is 180 Å². The van der Waals surface area contributed by atoms with Crippen LogP contribution in [0, 0.1) is 0 Å². The first-order valence-electron chi connectivity index (χ1n) is 9.45. The van der Waals surface area contributed by atoms with Crippen molar-refractivity contribution in [2.24, 2.45) is 4.99 Å². The van der Waals surface area contributed by atoms with Gasteiger partial charge in [0.25, 0.3) is 0 Å². The first-order valence-corrected chi connectivity index (χ1v) is 9.45. The zero-order valence-electron chi connectivity index (χ0n) is 16.3. The van der Waals surface area contributed by atoms with Crippen LogP contribution in [0.2, 0.25) is 0 Å². The molecule has 0 unspecified atom stereocenters. The molecule has 0 bridgehead atoms. The van der Waals surface area contributed by atoms with Crippen molar-refractivity contribution in [3.63, 3.8) is 0 Å². The van der Waals surface area contributed by atoms with E-state index >= 15 is 0 Å². The molecule has 5 nitrogen and oxygen atoms in total. The maximum atomic E-state index is 5.69. The highest BCUT2D eigenvalue weighted by Crippen LogP contribution is 2.13. The van der Waals surface area contributed by atoms with E-state index in [1.165, 1.54) is 5.56 Å². The molecule has 6 heteroatoms. The number of rotatable bonds is 10. The summed E-state index contributed by atoms with van der Waals surface area (Å²) in [5, 5.41) is 6.68. The zero-order chi connectivity index (χ0) is 18.5. The Hall–Kier alpha value is -1.83. The SMILES string of the molecule is CCCOc1cccc(CCNC(=NCCc2ccccn2)NCC)c1.I. The van der Waals surface area contributed by atoms with Crippen LogP contribution in [0.15, 0.2) is 53.7 Å². The maximum Gasteiger partial charge on any atom is 0.191 e. The van der Waals surface area contributed by atoms with Crippen molar-refractivity contribution >= 4 is 29.9 Å². The number of pyridine rings is 1. The summed E-state index contributed by atoms with van der Waals surface area (Å²) in [7, 11) is 0. The molecule has 2 N–H and O–H groups in total. The lowest BCUT2D eigenvalue weighted by atomic mass is 10.1. The molecule has 0 fully saturated rings. The molecule has 0 aliphatic heterocycles. The van der Waals surface area contributed by atoms with Crippen molar-refractivity contribution < 1.29 is 4.74 Å². The molecule has 0 saturated heterocycles. The van der Waals surface area contributed by atoms with Crippen LogP contribution in [0.25, 0.3) is 0 Å². The Balaban J connectivity index is 0.00000364. The van der Waals surface area contributed by atoms with Gasteiger partial charge in [-0.15, -0.1) is 24.0 Å². The normalized spacial score (nSPS) is 10.8.